The first-order valence-corrected chi connectivity index (χ1v) is 5.94. The van der Waals surface area contributed by atoms with Gasteiger partial charge in [-0.2, -0.15) is 0 Å². The summed E-state index contributed by atoms with van der Waals surface area (Å²) in [6.07, 6.45) is 0. The molecule has 0 spiro atoms. The molecule has 1 aromatic carbocycles. The van der Waals surface area contributed by atoms with Crippen LogP contribution in [0.15, 0.2) is 10.9 Å². The number of halogens is 2. The van der Waals surface area contributed by atoms with E-state index in [0.717, 1.165) is 0 Å². The van der Waals surface area contributed by atoms with Crippen molar-refractivity contribution >= 4 is 34.1 Å². The van der Waals surface area contributed by atoms with E-state index in [-0.39, 0.29) is 32.3 Å². The van der Waals surface area contributed by atoms with Crippen molar-refractivity contribution in [3.8, 4) is 5.75 Å². The van der Waals surface area contributed by atoms with E-state index in [1.807, 2.05) is 0 Å². The number of hydrogen-bond donors (Lipinski definition) is 2. The number of aromatic hydroxyl groups is 1. The minimum atomic E-state index is -0.317. The van der Waals surface area contributed by atoms with Crippen molar-refractivity contribution in [3.63, 3.8) is 0 Å². The summed E-state index contributed by atoms with van der Waals surface area (Å²) in [6, 6.07) is 1.33. The highest BCUT2D eigenvalue weighted by Gasteiger charge is 2.16. The highest BCUT2D eigenvalue weighted by atomic mass is 35.5. The number of nitrogens with one attached hydrogen (secondary N) is 1. The largest absolute Gasteiger partial charge is 0.504 e. The fourth-order valence-corrected chi connectivity index (χ4v) is 2.25. The molecule has 0 aliphatic heterocycles. The Morgan fingerprint density at radius 1 is 1.44 bits per heavy atom. The van der Waals surface area contributed by atoms with E-state index >= 15 is 0 Å². The molecule has 0 aliphatic rings. The number of fused-ring (bicyclic) bond motifs is 1. The van der Waals surface area contributed by atoms with Crippen LogP contribution in [0.25, 0.3) is 10.9 Å². The molecule has 0 fully saturated rings. The lowest BCUT2D eigenvalue weighted by Crippen LogP contribution is -2.25. The SMILES string of the molecule is CNCc1nc2c(O)c(Cl)cc(Cl)c2c(=O)n1C. The number of benzene rings is 1. The molecule has 5 nitrogen and oxygen atoms in total. The minimum absolute atomic E-state index is 0.0728. The number of hydrogen-bond acceptors (Lipinski definition) is 4. The van der Waals surface area contributed by atoms with E-state index in [0.29, 0.717) is 12.4 Å². The number of phenolic OH excluding ortho intramolecular Hbond substituents is 1. The van der Waals surface area contributed by atoms with E-state index in [9.17, 15) is 9.90 Å². The molecule has 0 saturated carbocycles. The van der Waals surface area contributed by atoms with E-state index in [1.54, 1.807) is 14.1 Å². The maximum Gasteiger partial charge on any atom is 0.262 e. The average molecular weight is 288 g/mol. The van der Waals surface area contributed by atoms with Gasteiger partial charge in [-0.25, -0.2) is 4.98 Å². The Kier molecular flexibility index (Phi) is 3.47. The van der Waals surface area contributed by atoms with Crippen molar-refractivity contribution in [2.75, 3.05) is 7.05 Å². The van der Waals surface area contributed by atoms with Crippen molar-refractivity contribution in [2.24, 2.45) is 7.05 Å². The summed E-state index contributed by atoms with van der Waals surface area (Å²) in [7, 11) is 3.34. The molecule has 0 atom stereocenters. The summed E-state index contributed by atoms with van der Waals surface area (Å²) in [6.45, 7) is 0.394. The second kappa shape index (κ2) is 4.76. The molecule has 7 heteroatoms. The lowest BCUT2D eigenvalue weighted by Gasteiger charge is -2.11. The lowest BCUT2D eigenvalue weighted by atomic mass is 10.2. The van der Waals surface area contributed by atoms with E-state index in [1.165, 1.54) is 10.6 Å². The van der Waals surface area contributed by atoms with Gasteiger partial charge >= 0.3 is 0 Å². The summed E-state index contributed by atoms with van der Waals surface area (Å²) in [5, 5.41) is 13.2. The molecule has 18 heavy (non-hydrogen) atoms. The predicted octanol–water partition coefficient (Wildman–Crippen LogP) is 1.67. The van der Waals surface area contributed by atoms with Gasteiger partial charge in [0.05, 0.1) is 22.0 Å². The fourth-order valence-electron chi connectivity index (χ4n) is 1.71. The zero-order valence-corrected chi connectivity index (χ0v) is 11.3. The van der Waals surface area contributed by atoms with Gasteiger partial charge in [0.25, 0.3) is 5.56 Å². The van der Waals surface area contributed by atoms with Gasteiger partial charge in [-0.3, -0.25) is 9.36 Å². The third kappa shape index (κ3) is 1.94. The number of phenols is 1. The van der Waals surface area contributed by atoms with Crippen molar-refractivity contribution in [1.29, 1.82) is 0 Å². The molecule has 2 rings (SSSR count). The van der Waals surface area contributed by atoms with Gasteiger partial charge in [-0.1, -0.05) is 23.2 Å². The topological polar surface area (TPSA) is 67.2 Å². The van der Waals surface area contributed by atoms with Crippen LogP contribution >= 0.6 is 23.2 Å². The molecular formula is C11H11Cl2N3O2. The van der Waals surface area contributed by atoms with Gasteiger partial charge < -0.3 is 10.4 Å². The van der Waals surface area contributed by atoms with Gasteiger partial charge in [0, 0.05) is 7.05 Å². The number of rotatable bonds is 2. The molecule has 0 amide bonds. The van der Waals surface area contributed by atoms with Crippen molar-refractivity contribution < 1.29 is 5.11 Å². The van der Waals surface area contributed by atoms with Crippen molar-refractivity contribution in [3.05, 3.63) is 32.3 Å². The Balaban J connectivity index is 2.95. The Morgan fingerprint density at radius 2 is 2.11 bits per heavy atom. The fraction of sp³-hybridized carbons (Fsp3) is 0.273. The van der Waals surface area contributed by atoms with Gasteiger partial charge in [-0.05, 0) is 13.1 Å². The third-order valence-corrected chi connectivity index (χ3v) is 3.25. The van der Waals surface area contributed by atoms with Gasteiger partial charge in [0.1, 0.15) is 11.3 Å². The Bertz CT molecular complexity index is 682. The molecule has 2 N–H and O–H groups in total. The minimum Gasteiger partial charge on any atom is -0.504 e. The zero-order chi connectivity index (χ0) is 13.4. The van der Waals surface area contributed by atoms with Crippen LogP contribution in [0.1, 0.15) is 5.82 Å². The average Bonchev–Trinajstić information content (AvgIpc) is 2.32. The number of aromatic nitrogens is 2. The molecular weight excluding hydrogens is 277 g/mol. The van der Waals surface area contributed by atoms with Crippen LogP contribution in [-0.4, -0.2) is 21.7 Å². The van der Waals surface area contributed by atoms with E-state index in [4.69, 9.17) is 23.2 Å². The molecule has 0 saturated heterocycles. The third-order valence-electron chi connectivity index (χ3n) is 2.66. The van der Waals surface area contributed by atoms with Crippen LogP contribution in [0.5, 0.6) is 5.75 Å². The standard InChI is InChI=1S/C11H11Cl2N3O2/c1-14-4-7-15-9-8(11(18)16(7)2)5(12)3-6(13)10(9)17/h3,14,17H,4H2,1-2H3. The maximum absolute atomic E-state index is 12.2. The van der Waals surface area contributed by atoms with Crippen LogP contribution in [0.3, 0.4) is 0 Å². The van der Waals surface area contributed by atoms with Crippen molar-refractivity contribution in [1.82, 2.24) is 14.9 Å². The van der Waals surface area contributed by atoms with Crippen LogP contribution in [0.4, 0.5) is 0 Å². The molecule has 1 aromatic heterocycles. The van der Waals surface area contributed by atoms with Gasteiger partial charge in [-0.15, -0.1) is 0 Å². The van der Waals surface area contributed by atoms with Crippen LogP contribution in [-0.2, 0) is 13.6 Å². The lowest BCUT2D eigenvalue weighted by molar-refractivity contribution is 0.480. The quantitative estimate of drug-likeness (QED) is 0.882. The molecule has 96 valence electrons. The Morgan fingerprint density at radius 3 is 2.72 bits per heavy atom. The summed E-state index contributed by atoms with van der Waals surface area (Å²) >= 11 is 11.8. The van der Waals surface area contributed by atoms with E-state index in [2.05, 4.69) is 10.3 Å². The highest BCUT2D eigenvalue weighted by Crippen LogP contribution is 2.34. The molecule has 0 unspecified atom stereocenters. The monoisotopic (exact) mass is 287 g/mol. The number of nitrogens with zero attached hydrogens (tertiary/aromatic N) is 2. The highest BCUT2D eigenvalue weighted by molar-refractivity contribution is 6.39. The van der Waals surface area contributed by atoms with Gasteiger partial charge in [0.2, 0.25) is 0 Å². The summed E-state index contributed by atoms with van der Waals surface area (Å²) in [5.41, 5.74) is -0.192. The summed E-state index contributed by atoms with van der Waals surface area (Å²) in [5.74, 6) is 0.259. The van der Waals surface area contributed by atoms with Crippen molar-refractivity contribution in [2.45, 2.75) is 6.54 Å². The van der Waals surface area contributed by atoms with Gasteiger partial charge in [0.15, 0.2) is 5.75 Å². The normalized spacial score (nSPS) is 11.1. The maximum atomic E-state index is 12.2. The smallest absolute Gasteiger partial charge is 0.262 e. The molecule has 1 heterocycles. The zero-order valence-electron chi connectivity index (χ0n) is 9.79. The first-order valence-electron chi connectivity index (χ1n) is 5.18. The first-order chi connectivity index (χ1) is 8.47. The molecule has 0 aliphatic carbocycles. The van der Waals surface area contributed by atoms with Crippen LogP contribution in [0.2, 0.25) is 10.0 Å². The summed E-state index contributed by atoms with van der Waals surface area (Å²) < 4.78 is 1.39. The van der Waals surface area contributed by atoms with E-state index < -0.39 is 0 Å². The second-order valence-electron chi connectivity index (χ2n) is 3.83. The molecule has 0 bridgehead atoms. The Hall–Kier alpha value is -1.30. The molecule has 2 aromatic rings. The molecule has 0 radical (unpaired) electrons. The van der Waals surface area contributed by atoms with Crippen LogP contribution < -0.4 is 10.9 Å². The first kappa shape index (κ1) is 13.1. The predicted molar refractivity (Wildman–Crippen MR) is 71.4 cm³/mol. The summed E-state index contributed by atoms with van der Waals surface area (Å²) in [4.78, 5) is 16.4. The second-order valence-corrected chi connectivity index (χ2v) is 4.65. The Labute approximate surface area is 113 Å². The van der Waals surface area contributed by atoms with Crippen LogP contribution in [0, 0.1) is 0 Å².